The lowest BCUT2D eigenvalue weighted by atomic mass is 9.91. The Hall–Kier alpha value is -0.340. The molecule has 18 heavy (non-hydrogen) atoms. The van der Waals surface area contributed by atoms with Crippen molar-refractivity contribution >= 4 is 11.3 Å². The second kappa shape index (κ2) is 7.96. The number of rotatable bonds is 6. The predicted molar refractivity (Wildman–Crippen MR) is 81.3 cm³/mol. The quantitative estimate of drug-likeness (QED) is 0.740. The van der Waals surface area contributed by atoms with E-state index in [4.69, 9.17) is 0 Å². The highest BCUT2D eigenvalue weighted by molar-refractivity contribution is 7.09. The Labute approximate surface area is 116 Å². The van der Waals surface area contributed by atoms with Gasteiger partial charge < -0.3 is 5.32 Å². The van der Waals surface area contributed by atoms with Crippen LogP contribution in [0.15, 0.2) is 17.5 Å². The Balaban J connectivity index is 1.84. The van der Waals surface area contributed by atoms with Crippen LogP contribution in [-0.4, -0.2) is 12.6 Å². The Bertz CT molecular complexity index is 299. The minimum atomic E-state index is 0.691. The lowest BCUT2D eigenvalue weighted by Crippen LogP contribution is -2.32. The van der Waals surface area contributed by atoms with Crippen LogP contribution in [0.2, 0.25) is 0 Å². The van der Waals surface area contributed by atoms with E-state index in [1.807, 2.05) is 11.3 Å². The normalized spacial score (nSPS) is 19.6. The summed E-state index contributed by atoms with van der Waals surface area (Å²) >= 11 is 1.90. The molecule has 0 bridgehead atoms. The van der Waals surface area contributed by atoms with Crippen molar-refractivity contribution in [1.82, 2.24) is 5.32 Å². The first-order chi connectivity index (χ1) is 8.88. The van der Waals surface area contributed by atoms with Crippen molar-refractivity contribution in [2.45, 2.75) is 64.3 Å². The van der Waals surface area contributed by atoms with Gasteiger partial charge in [-0.25, -0.2) is 0 Å². The van der Waals surface area contributed by atoms with E-state index in [0.29, 0.717) is 6.04 Å². The Morgan fingerprint density at radius 2 is 2.06 bits per heavy atom. The topological polar surface area (TPSA) is 12.0 Å². The monoisotopic (exact) mass is 265 g/mol. The molecule has 1 N–H and O–H groups in total. The van der Waals surface area contributed by atoms with Gasteiger partial charge in [-0.1, -0.05) is 51.5 Å². The molecule has 1 nitrogen and oxygen atoms in total. The molecule has 2 heteroatoms. The first-order valence-electron chi connectivity index (χ1n) is 7.64. The Kier molecular flexibility index (Phi) is 6.22. The zero-order chi connectivity index (χ0) is 12.6. The molecular formula is C16H27NS. The second-order valence-corrected chi connectivity index (χ2v) is 6.66. The zero-order valence-electron chi connectivity index (χ0n) is 11.7. The van der Waals surface area contributed by atoms with E-state index in [1.54, 1.807) is 0 Å². The summed E-state index contributed by atoms with van der Waals surface area (Å²) in [4.78, 5) is 1.54. The molecule has 1 atom stereocenters. The molecule has 1 saturated carbocycles. The third-order valence-corrected chi connectivity index (χ3v) is 5.01. The standard InChI is InChI=1S/C16H27NS/c1-2-17-15(13-16-10-7-11-18-16)12-14-8-5-3-4-6-9-14/h7,10-11,14-15,17H,2-6,8-9,12-13H2,1H3. The fourth-order valence-electron chi connectivity index (χ4n) is 3.20. The van der Waals surface area contributed by atoms with E-state index < -0.39 is 0 Å². The summed E-state index contributed by atoms with van der Waals surface area (Å²) in [5.74, 6) is 0.969. The van der Waals surface area contributed by atoms with Gasteiger partial charge in [0.05, 0.1) is 0 Å². The Morgan fingerprint density at radius 3 is 2.67 bits per heavy atom. The van der Waals surface area contributed by atoms with Crippen molar-refractivity contribution in [3.05, 3.63) is 22.4 Å². The molecule has 1 heterocycles. The van der Waals surface area contributed by atoms with Crippen LogP contribution in [0.4, 0.5) is 0 Å². The van der Waals surface area contributed by atoms with Crippen LogP contribution < -0.4 is 5.32 Å². The number of hydrogen-bond donors (Lipinski definition) is 1. The van der Waals surface area contributed by atoms with E-state index in [-0.39, 0.29) is 0 Å². The minimum absolute atomic E-state index is 0.691. The number of hydrogen-bond acceptors (Lipinski definition) is 2. The molecule has 1 aromatic heterocycles. The van der Waals surface area contributed by atoms with Gasteiger partial charge in [0, 0.05) is 10.9 Å². The van der Waals surface area contributed by atoms with Gasteiger partial charge in [0.15, 0.2) is 0 Å². The highest BCUT2D eigenvalue weighted by Gasteiger charge is 2.18. The Morgan fingerprint density at radius 1 is 1.28 bits per heavy atom. The molecule has 0 spiro atoms. The smallest absolute Gasteiger partial charge is 0.0118 e. The van der Waals surface area contributed by atoms with Crippen molar-refractivity contribution in [3.8, 4) is 0 Å². The third-order valence-electron chi connectivity index (χ3n) is 4.11. The maximum atomic E-state index is 3.70. The molecule has 0 saturated heterocycles. The highest BCUT2D eigenvalue weighted by atomic mass is 32.1. The van der Waals surface area contributed by atoms with Gasteiger partial charge in [-0.05, 0) is 36.8 Å². The predicted octanol–water partition coefficient (Wildman–Crippen LogP) is 4.63. The summed E-state index contributed by atoms with van der Waals surface area (Å²) in [6, 6.07) is 5.15. The van der Waals surface area contributed by atoms with Crippen molar-refractivity contribution in [1.29, 1.82) is 0 Å². The van der Waals surface area contributed by atoms with Crippen molar-refractivity contribution in [2.75, 3.05) is 6.54 Å². The van der Waals surface area contributed by atoms with Gasteiger partial charge in [-0.15, -0.1) is 11.3 Å². The lowest BCUT2D eigenvalue weighted by molar-refractivity contribution is 0.354. The molecule has 0 radical (unpaired) electrons. The first kappa shape index (κ1) is 14.1. The maximum absolute atomic E-state index is 3.70. The van der Waals surface area contributed by atoms with E-state index in [2.05, 4.69) is 29.8 Å². The number of likely N-dealkylation sites (N-methyl/N-ethyl adjacent to an activating group) is 1. The molecule has 1 aliphatic rings. The summed E-state index contributed by atoms with van der Waals surface area (Å²) in [5.41, 5.74) is 0. The molecule has 0 amide bonds. The molecule has 1 aliphatic carbocycles. The van der Waals surface area contributed by atoms with E-state index in [1.165, 1.54) is 56.2 Å². The highest BCUT2D eigenvalue weighted by Crippen LogP contribution is 2.27. The van der Waals surface area contributed by atoms with Crippen molar-refractivity contribution in [2.24, 2.45) is 5.92 Å². The zero-order valence-corrected chi connectivity index (χ0v) is 12.5. The van der Waals surface area contributed by atoms with Crippen molar-refractivity contribution in [3.63, 3.8) is 0 Å². The van der Waals surface area contributed by atoms with Crippen LogP contribution in [0.3, 0.4) is 0 Å². The molecule has 2 rings (SSSR count). The van der Waals surface area contributed by atoms with Crippen molar-refractivity contribution < 1.29 is 0 Å². The summed E-state index contributed by atoms with van der Waals surface area (Å²) in [6.45, 7) is 3.33. The number of thiophene rings is 1. The third kappa shape index (κ3) is 4.74. The van der Waals surface area contributed by atoms with Crippen LogP contribution in [0.1, 0.15) is 56.7 Å². The van der Waals surface area contributed by atoms with E-state index in [0.717, 1.165) is 12.5 Å². The minimum Gasteiger partial charge on any atom is -0.314 e. The van der Waals surface area contributed by atoms with Gasteiger partial charge in [0.1, 0.15) is 0 Å². The summed E-state index contributed by atoms with van der Waals surface area (Å²) < 4.78 is 0. The molecule has 0 aliphatic heterocycles. The van der Waals surface area contributed by atoms with Gasteiger partial charge in [0.25, 0.3) is 0 Å². The van der Waals surface area contributed by atoms with E-state index in [9.17, 15) is 0 Å². The lowest BCUT2D eigenvalue weighted by Gasteiger charge is -2.23. The van der Waals surface area contributed by atoms with Gasteiger partial charge in [-0.3, -0.25) is 0 Å². The van der Waals surface area contributed by atoms with Crippen LogP contribution >= 0.6 is 11.3 Å². The molecule has 0 aromatic carbocycles. The SMILES string of the molecule is CCNC(Cc1cccs1)CC1CCCCCC1. The van der Waals surface area contributed by atoms with E-state index >= 15 is 0 Å². The molecule has 1 aromatic rings. The first-order valence-corrected chi connectivity index (χ1v) is 8.52. The number of nitrogens with one attached hydrogen (secondary N) is 1. The van der Waals surface area contributed by atoms with Gasteiger partial charge in [-0.2, -0.15) is 0 Å². The molecular weight excluding hydrogens is 238 g/mol. The van der Waals surface area contributed by atoms with Crippen LogP contribution in [-0.2, 0) is 6.42 Å². The van der Waals surface area contributed by atoms with Crippen LogP contribution in [0.25, 0.3) is 0 Å². The van der Waals surface area contributed by atoms with Gasteiger partial charge in [0.2, 0.25) is 0 Å². The van der Waals surface area contributed by atoms with Gasteiger partial charge >= 0.3 is 0 Å². The fraction of sp³-hybridized carbons (Fsp3) is 0.750. The molecule has 102 valence electrons. The molecule has 1 unspecified atom stereocenters. The fourth-order valence-corrected chi connectivity index (χ4v) is 3.99. The summed E-state index contributed by atoms with van der Waals surface area (Å²) in [5, 5.41) is 5.89. The van der Waals surface area contributed by atoms with Crippen LogP contribution in [0.5, 0.6) is 0 Å². The summed E-state index contributed by atoms with van der Waals surface area (Å²) in [6.07, 6.45) is 11.4. The summed E-state index contributed by atoms with van der Waals surface area (Å²) in [7, 11) is 0. The second-order valence-electron chi connectivity index (χ2n) is 5.63. The maximum Gasteiger partial charge on any atom is 0.0118 e. The molecule has 1 fully saturated rings. The largest absolute Gasteiger partial charge is 0.314 e. The average molecular weight is 265 g/mol. The average Bonchev–Trinajstić information content (AvgIpc) is 2.73. The van der Waals surface area contributed by atoms with Crippen LogP contribution in [0, 0.1) is 5.92 Å².